The molecule has 0 atom stereocenters. The van der Waals surface area contributed by atoms with E-state index in [1.807, 2.05) is 0 Å². The number of carbonyl (C=O) groups excluding carboxylic acids is 2. The maximum atomic E-state index is 12.4. The van der Waals surface area contributed by atoms with E-state index in [4.69, 9.17) is 16.3 Å². The Bertz CT molecular complexity index is 739. The van der Waals surface area contributed by atoms with Gasteiger partial charge in [-0.25, -0.2) is 4.79 Å². The van der Waals surface area contributed by atoms with Gasteiger partial charge in [-0.3, -0.25) is 4.79 Å². The molecule has 0 spiro atoms. The third kappa shape index (κ3) is 5.22. The highest BCUT2D eigenvalue weighted by molar-refractivity contribution is 6.30. The molecule has 6 heteroatoms. The second-order valence-electron chi connectivity index (χ2n) is 5.94. The largest absolute Gasteiger partial charge is 0.478 e. The number of carbonyl (C=O) groups is 2. The molecule has 0 aliphatic carbocycles. The number of hydrogen-bond acceptors (Lipinski definition) is 4. The van der Waals surface area contributed by atoms with E-state index in [2.05, 4.69) is 10.1 Å². The summed E-state index contributed by atoms with van der Waals surface area (Å²) in [5.74, 6) is -0.0837. The van der Waals surface area contributed by atoms with Crippen molar-refractivity contribution in [2.75, 3.05) is 7.11 Å². The number of ether oxygens (including phenoxy) is 2. The van der Waals surface area contributed by atoms with Gasteiger partial charge in [-0.2, -0.15) is 0 Å². The van der Waals surface area contributed by atoms with E-state index in [-0.39, 0.29) is 5.91 Å². The van der Waals surface area contributed by atoms with Gasteiger partial charge in [0.2, 0.25) is 0 Å². The summed E-state index contributed by atoms with van der Waals surface area (Å²) in [6.45, 7) is 3.71. The van der Waals surface area contributed by atoms with Gasteiger partial charge in [0.05, 0.1) is 12.7 Å². The van der Waals surface area contributed by atoms with Gasteiger partial charge in [0.25, 0.3) is 5.91 Å². The Morgan fingerprint density at radius 2 is 1.64 bits per heavy atom. The van der Waals surface area contributed by atoms with Gasteiger partial charge in [0.15, 0.2) is 5.60 Å². The first-order valence-electron chi connectivity index (χ1n) is 7.72. The van der Waals surface area contributed by atoms with E-state index in [0.717, 1.165) is 5.56 Å². The third-order valence-corrected chi connectivity index (χ3v) is 3.81. The number of benzene rings is 2. The monoisotopic (exact) mass is 361 g/mol. The standard InChI is InChI=1S/C19H20ClNO4/c1-19(2,25-16-10-8-15(20)9-11-16)18(23)21-12-13-4-6-14(7-5-13)17(22)24-3/h4-11H,12H2,1-3H3,(H,21,23). The predicted molar refractivity (Wildman–Crippen MR) is 95.8 cm³/mol. The van der Waals surface area contributed by atoms with Crippen LogP contribution in [0.3, 0.4) is 0 Å². The molecule has 0 unspecified atom stereocenters. The number of methoxy groups -OCH3 is 1. The molecule has 0 bridgehead atoms. The number of hydrogen-bond donors (Lipinski definition) is 1. The zero-order valence-corrected chi connectivity index (χ0v) is 15.1. The van der Waals surface area contributed by atoms with Gasteiger partial charge in [0.1, 0.15) is 5.75 Å². The van der Waals surface area contributed by atoms with Gasteiger partial charge in [-0.15, -0.1) is 0 Å². The zero-order chi connectivity index (χ0) is 18.4. The molecule has 2 aromatic carbocycles. The minimum absolute atomic E-state index is 0.250. The summed E-state index contributed by atoms with van der Waals surface area (Å²) in [5, 5.41) is 3.43. The van der Waals surface area contributed by atoms with Crippen LogP contribution in [0.15, 0.2) is 48.5 Å². The number of esters is 1. The highest BCUT2D eigenvalue weighted by atomic mass is 35.5. The minimum Gasteiger partial charge on any atom is -0.478 e. The molecular formula is C19H20ClNO4. The van der Waals surface area contributed by atoms with E-state index in [1.165, 1.54) is 7.11 Å². The normalized spacial score (nSPS) is 10.9. The Balaban J connectivity index is 1.94. The minimum atomic E-state index is -1.04. The lowest BCUT2D eigenvalue weighted by atomic mass is 10.1. The van der Waals surface area contributed by atoms with Gasteiger partial charge in [-0.1, -0.05) is 23.7 Å². The maximum absolute atomic E-state index is 12.4. The smallest absolute Gasteiger partial charge is 0.337 e. The first-order chi connectivity index (χ1) is 11.8. The van der Waals surface area contributed by atoms with Crippen LogP contribution in [0, 0.1) is 0 Å². The van der Waals surface area contributed by atoms with Crippen LogP contribution in [0.25, 0.3) is 0 Å². The molecule has 0 fully saturated rings. The SMILES string of the molecule is COC(=O)c1ccc(CNC(=O)C(C)(C)Oc2ccc(Cl)cc2)cc1. The molecule has 0 aliphatic heterocycles. The highest BCUT2D eigenvalue weighted by Gasteiger charge is 2.29. The fourth-order valence-corrected chi connectivity index (χ4v) is 2.24. The molecule has 2 aromatic rings. The van der Waals surface area contributed by atoms with Crippen molar-refractivity contribution in [2.45, 2.75) is 26.0 Å². The number of amides is 1. The zero-order valence-electron chi connectivity index (χ0n) is 14.3. The van der Waals surface area contributed by atoms with E-state index in [0.29, 0.717) is 22.9 Å². The van der Waals surface area contributed by atoms with Crippen molar-refractivity contribution in [3.63, 3.8) is 0 Å². The third-order valence-electron chi connectivity index (χ3n) is 3.56. The molecule has 132 valence electrons. The lowest BCUT2D eigenvalue weighted by Crippen LogP contribution is -2.46. The Morgan fingerprint density at radius 3 is 2.20 bits per heavy atom. The first kappa shape index (κ1) is 18.8. The van der Waals surface area contributed by atoms with Crippen LogP contribution in [0.5, 0.6) is 5.75 Å². The summed E-state index contributed by atoms with van der Waals surface area (Å²) in [6, 6.07) is 13.7. The van der Waals surface area contributed by atoms with Gasteiger partial charge >= 0.3 is 5.97 Å². The number of nitrogens with one attached hydrogen (secondary N) is 1. The Morgan fingerprint density at radius 1 is 1.04 bits per heavy atom. The van der Waals surface area contributed by atoms with E-state index >= 15 is 0 Å². The molecule has 0 heterocycles. The van der Waals surface area contributed by atoms with Crippen LogP contribution in [0.4, 0.5) is 0 Å². The van der Waals surface area contributed by atoms with E-state index in [9.17, 15) is 9.59 Å². The summed E-state index contributed by atoms with van der Waals surface area (Å²) in [7, 11) is 1.33. The molecule has 0 radical (unpaired) electrons. The summed E-state index contributed by atoms with van der Waals surface area (Å²) >= 11 is 5.84. The number of halogens is 1. The Hall–Kier alpha value is -2.53. The highest BCUT2D eigenvalue weighted by Crippen LogP contribution is 2.21. The predicted octanol–water partition coefficient (Wildman–Crippen LogP) is 3.60. The lowest BCUT2D eigenvalue weighted by molar-refractivity contribution is -0.134. The average Bonchev–Trinajstić information content (AvgIpc) is 2.61. The lowest BCUT2D eigenvalue weighted by Gasteiger charge is -2.25. The molecule has 0 saturated heterocycles. The molecule has 1 amide bonds. The molecular weight excluding hydrogens is 342 g/mol. The fraction of sp³-hybridized carbons (Fsp3) is 0.263. The van der Waals surface area contributed by atoms with E-state index in [1.54, 1.807) is 62.4 Å². The molecule has 0 saturated carbocycles. The molecule has 1 N–H and O–H groups in total. The van der Waals surface area contributed by atoms with Crippen molar-refractivity contribution in [1.29, 1.82) is 0 Å². The van der Waals surface area contributed by atoms with Crippen molar-refractivity contribution < 1.29 is 19.1 Å². The topological polar surface area (TPSA) is 64.6 Å². The second kappa shape index (κ2) is 8.03. The summed E-state index contributed by atoms with van der Waals surface area (Å²) in [4.78, 5) is 23.8. The van der Waals surface area contributed by atoms with Crippen molar-refractivity contribution in [2.24, 2.45) is 0 Å². The maximum Gasteiger partial charge on any atom is 0.337 e. The van der Waals surface area contributed by atoms with Crippen LogP contribution in [0.2, 0.25) is 5.02 Å². The van der Waals surface area contributed by atoms with Crippen molar-refractivity contribution in [3.05, 3.63) is 64.7 Å². The summed E-state index contributed by atoms with van der Waals surface area (Å²) < 4.78 is 10.4. The van der Waals surface area contributed by atoms with Gasteiger partial charge in [-0.05, 0) is 55.8 Å². The average molecular weight is 362 g/mol. The number of rotatable bonds is 6. The van der Waals surface area contributed by atoms with Gasteiger partial charge < -0.3 is 14.8 Å². The Labute approximate surface area is 151 Å². The van der Waals surface area contributed by atoms with Crippen LogP contribution >= 0.6 is 11.6 Å². The summed E-state index contributed by atoms with van der Waals surface area (Å²) in [6.07, 6.45) is 0. The second-order valence-corrected chi connectivity index (χ2v) is 6.37. The summed E-state index contributed by atoms with van der Waals surface area (Å²) in [5.41, 5.74) is 0.284. The van der Waals surface area contributed by atoms with Crippen LogP contribution < -0.4 is 10.1 Å². The van der Waals surface area contributed by atoms with Gasteiger partial charge in [0, 0.05) is 11.6 Å². The van der Waals surface area contributed by atoms with Crippen molar-refractivity contribution in [3.8, 4) is 5.75 Å². The van der Waals surface area contributed by atoms with Crippen LogP contribution in [-0.2, 0) is 16.1 Å². The van der Waals surface area contributed by atoms with Crippen LogP contribution in [0.1, 0.15) is 29.8 Å². The molecule has 5 nitrogen and oxygen atoms in total. The molecule has 0 aliphatic rings. The molecule has 2 rings (SSSR count). The van der Waals surface area contributed by atoms with E-state index < -0.39 is 11.6 Å². The Kier molecular flexibility index (Phi) is 6.04. The first-order valence-corrected chi connectivity index (χ1v) is 8.10. The van der Waals surface area contributed by atoms with Crippen molar-refractivity contribution >= 4 is 23.5 Å². The molecule has 0 aromatic heterocycles. The quantitative estimate of drug-likeness (QED) is 0.798. The van der Waals surface area contributed by atoms with Crippen LogP contribution in [-0.4, -0.2) is 24.6 Å². The molecule has 25 heavy (non-hydrogen) atoms. The fourth-order valence-electron chi connectivity index (χ4n) is 2.12. The van der Waals surface area contributed by atoms with Crippen molar-refractivity contribution in [1.82, 2.24) is 5.32 Å².